The Kier molecular flexibility index (Phi) is 4.87. The molecule has 118 valence electrons. The lowest BCUT2D eigenvalue weighted by Crippen LogP contribution is -2.04. The van der Waals surface area contributed by atoms with E-state index in [1.54, 1.807) is 13.0 Å². The molecular weight excluding hydrogens is 311 g/mol. The van der Waals surface area contributed by atoms with E-state index in [9.17, 15) is 4.39 Å². The molecular formula is C14H16ClFN4O2. The first-order valence-corrected chi connectivity index (χ1v) is 6.83. The van der Waals surface area contributed by atoms with E-state index in [-0.39, 0.29) is 17.5 Å². The molecule has 0 fully saturated rings. The second-order valence-electron chi connectivity index (χ2n) is 4.66. The Morgan fingerprint density at radius 1 is 1.27 bits per heavy atom. The standard InChI is InChI=1S/C14H16ClFN4O2/c1-7(5-16)8-3-11(21-2)9(15)4-10(8)22-12-6-19-14(18)20-13(12)17/h3-4,6-7H,5H2,1-2H3,(H4,17,18,19,20). The van der Waals surface area contributed by atoms with Crippen LogP contribution >= 0.6 is 11.6 Å². The van der Waals surface area contributed by atoms with Gasteiger partial charge in [0.2, 0.25) is 5.95 Å². The van der Waals surface area contributed by atoms with Gasteiger partial charge in [0.1, 0.15) is 11.5 Å². The zero-order valence-corrected chi connectivity index (χ0v) is 12.9. The molecule has 8 heteroatoms. The number of hydrogen-bond donors (Lipinski definition) is 2. The average molecular weight is 327 g/mol. The second kappa shape index (κ2) is 6.65. The second-order valence-corrected chi connectivity index (χ2v) is 5.07. The summed E-state index contributed by atoms with van der Waals surface area (Å²) in [6.45, 7) is 1.16. The van der Waals surface area contributed by atoms with Gasteiger partial charge >= 0.3 is 0 Å². The van der Waals surface area contributed by atoms with Gasteiger partial charge in [0, 0.05) is 17.5 Å². The van der Waals surface area contributed by atoms with E-state index in [1.165, 1.54) is 19.4 Å². The molecule has 0 aliphatic rings. The van der Waals surface area contributed by atoms with E-state index >= 15 is 0 Å². The summed E-state index contributed by atoms with van der Waals surface area (Å²) in [6, 6.07) is 3.17. The molecule has 0 aliphatic carbocycles. The molecule has 6 nitrogen and oxygen atoms in total. The SMILES string of the molecule is COc1cc(C(C)CF)c(Oc2cnc(N)nc2N)cc1Cl. The lowest BCUT2D eigenvalue weighted by Gasteiger charge is -2.17. The van der Waals surface area contributed by atoms with Crippen LogP contribution in [0.4, 0.5) is 16.2 Å². The number of nitrogens with two attached hydrogens (primary N) is 2. The third-order valence-corrected chi connectivity index (χ3v) is 3.36. The van der Waals surface area contributed by atoms with E-state index in [0.717, 1.165) is 0 Å². The van der Waals surface area contributed by atoms with Crippen LogP contribution in [0.25, 0.3) is 0 Å². The van der Waals surface area contributed by atoms with Crippen LogP contribution in [0.2, 0.25) is 5.02 Å². The van der Waals surface area contributed by atoms with Crippen LogP contribution in [0.1, 0.15) is 18.4 Å². The molecule has 2 aromatic rings. The molecule has 1 aromatic carbocycles. The first kappa shape index (κ1) is 16.1. The largest absolute Gasteiger partial charge is 0.495 e. The summed E-state index contributed by atoms with van der Waals surface area (Å²) in [6.07, 6.45) is 1.35. The summed E-state index contributed by atoms with van der Waals surface area (Å²) >= 11 is 6.10. The van der Waals surface area contributed by atoms with Crippen LogP contribution in [-0.2, 0) is 0 Å². The average Bonchev–Trinajstić information content (AvgIpc) is 2.49. The molecule has 1 unspecified atom stereocenters. The van der Waals surface area contributed by atoms with Gasteiger partial charge in [0.25, 0.3) is 0 Å². The van der Waals surface area contributed by atoms with Gasteiger partial charge in [-0.3, -0.25) is 4.39 Å². The highest BCUT2D eigenvalue weighted by Crippen LogP contribution is 2.39. The number of hydrogen-bond acceptors (Lipinski definition) is 6. The van der Waals surface area contributed by atoms with E-state index in [2.05, 4.69) is 9.97 Å². The highest BCUT2D eigenvalue weighted by atomic mass is 35.5. The minimum atomic E-state index is -0.561. The van der Waals surface area contributed by atoms with Crippen molar-refractivity contribution in [2.45, 2.75) is 12.8 Å². The maximum atomic E-state index is 13.1. The van der Waals surface area contributed by atoms with E-state index < -0.39 is 12.6 Å². The van der Waals surface area contributed by atoms with Gasteiger partial charge in [-0.1, -0.05) is 18.5 Å². The molecule has 1 aromatic heterocycles. The van der Waals surface area contributed by atoms with Crippen molar-refractivity contribution >= 4 is 23.4 Å². The maximum absolute atomic E-state index is 13.1. The number of rotatable bonds is 5. The molecule has 22 heavy (non-hydrogen) atoms. The van der Waals surface area contributed by atoms with Gasteiger partial charge in [0.15, 0.2) is 11.6 Å². The van der Waals surface area contributed by atoms with Crippen LogP contribution in [0.3, 0.4) is 0 Å². The van der Waals surface area contributed by atoms with Crippen LogP contribution in [-0.4, -0.2) is 23.8 Å². The van der Waals surface area contributed by atoms with Crippen molar-refractivity contribution in [2.75, 3.05) is 25.3 Å². The first-order valence-electron chi connectivity index (χ1n) is 6.45. The Balaban J connectivity index is 2.46. The highest BCUT2D eigenvalue weighted by Gasteiger charge is 2.18. The highest BCUT2D eigenvalue weighted by molar-refractivity contribution is 6.32. The molecule has 0 spiro atoms. The fourth-order valence-electron chi connectivity index (χ4n) is 1.86. The fraction of sp³-hybridized carbons (Fsp3) is 0.286. The van der Waals surface area contributed by atoms with E-state index in [4.69, 9.17) is 32.5 Å². The van der Waals surface area contributed by atoms with Gasteiger partial charge in [0.05, 0.1) is 25.0 Å². The third-order valence-electron chi connectivity index (χ3n) is 3.07. The van der Waals surface area contributed by atoms with Gasteiger partial charge in [-0.15, -0.1) is 0 Å². The summed E-state index contributed by atoms with van der Waals surface area (Å²) in [7, 11) is 1.48. The Hall–Kier alpha value is -2.28. The van der Waals surface area contributed by atoms with Crippen LogP contribution in [0.15, 0.2) is 18.3 Å². The van der Waals surface area contributed by atoms with Gasteiger partial charge in [-0.05, 0) is 6.07 Å². The van der Waals surface area contributed by atoms with Crippen LogP contribution < -0.4 is 20.9 Å². The normalized spacial score (nSPS) is 12.0. The zero-order chi connectivity index (χ0) is 16.3. The molecule has 0 aliphatic heterocycles. The number of nitrogens with zero attached hydrogens (tertiary/aromatic N) is 2. The van der Waals surface area contributed by atoms with Gasteiger partial charge < -0.3 is 20.9 Å². The van der Waals surface area contributed by atoms with Crippen molar-refractivity contribution < 1.29 is 13.9 Å². The Bertz CT molecular complexity index is 684. The molecule has 0 radical (unpaired) electrons. The van der Waals surface area contributed by atoms with E-state index in [1.807, 2.05) is 0 Å². The number of halogens is 2. The molecule has 1 heterocycles. The third kappa shape index (κ3) is 3.30. The summed E-state index contributed by atoms with van der Waals surface area (Å²) < 4.78 is 23.9. The maximum Gasteiger partial charge on any atom is 0.222 e. The van der Waals surface area contributed by atoms with Crippen molar-refractivity contribution in [3.63, 3.8) is 0 Å². The first-order chi connectivity index (χ1) is 10.5. The van der Waals surface area contributed by atoms with Crippen molar-refractivity contribution in [2.24, 2.45) is 0 Å². The molecule has 0 saturated carbocycles. The predicted molar refractivity (Wildman–Crippen MR) is 83.3 cm³/mol. The Morgan fingerprint density at radius 2 is 2.00 bits per heavy atom. The molecule has 0 bridgehead atoms. The minimum Gasteiger partial charge on any atom is -0.495 e. The molecule has 2 rings (SSSR count). The number of methoxy groups -OCH3 is 1. The Labute approximate surface area is 132 Å². The smallest absolute Gasteiger partial charge is 0.222 e. The van der Waals surface area contributed by atoms with Crippen molar-refractivity contribution in [3.8, 4) is 17.2 Å². The fourth-order valence-corrected chi connectivity index (χ4v) is 2.09. The van der Waals surface area contributed by atoms with Crippen molar-refractivity contribution in [1.82, 2.24) is 9.97 Å². The van der Waals surface area contributed by atoms with Crippen molar-refractivity contribution in [3.05, 3.63) is 28.9 Å². The summed E-state index contributed by atoms with van der Waals surface area (Å²) in [5.41, 5.74) is 11.8. The lowest BCUT2D eigenvalue weighted by atomic mass is 10.0. The summed E-state index contributed by atoms with van der Waals surface area (Å²) in [4.78, 5) is 7.63. The molecule has 1 atom stereocenters. The number of aromatic nitrogens is 2. The monoisotopic (exact) mass is 326 g/mol. The number of benzene rings is 1. The van der Waals surface area contributed by atoms with E-state index in [0.29, 0.717) is 22.1 Å². The zero-order valence-electron chi connectivity index (χ0n) is 12.1. The Morgan fingerprint density at radius 3 is 2.59 bits per heavy atom. The molecule has 4 N–H and O–H groups in total. The topological polar surface area (TPSA) is 96.3 Å². The quantitative estimate of drug-likeness (QED) is 0.876. The van der Waals surface area contributed by atoms with Crippen LogP contribution in [0, 0.1) is 0 Å². The number of anilines is 2. The molecule has 0 amide bonds. The number of ether oxygens (including phenoxy) is 2. The number of nitrogen functional groups attached to an aromatic ring is 2. The summed E-state index contributed by atoms with van der Waals surface area (Å²) in [5.74, 6) is 0.718. The predicted octanol–water partition coefficient (Wildman–Crippen LogP) is 3.17. The minimum absolute atomic E-state index is 0.0370. The molecule has 0 saturated heterocycles. The summed E-state index contributed by atoms with van der Waals surface area (Å²) in [5, 5.41) is 0.335. The van der Waals surface area contributed by atoms with Gasteiger partial charge in [-0.25, -0.2) is 4.98 Å². The lowest BCUT2D eigenvalue weighted by molar-refractivity contribution is 0.404. The van der Waals surface area contributed by atoms with Crippen LogP contribution in [0.5, 0.6) is 17.2 Å². The number of alkyl halides is 1. The van der Waals surface area contributed by atoms with Crippen molar-refractivity contribution in [1.29, 1.82) is 0 Å². The van der Waals surface area contributed by atoms with Gasteiger partial charge in [-0.2, -0.15) is 4.98 Å².